The van der Waals surface area contributed by atoms with Crippen molar-refractivity contribution in [2.45, 2.75) is 32.1 Å². The SMILES string of the molecule is Cc1csc(C2CCN(CCC(=O)Nc3cccc(Br)c3)CC2)n1. The number of carbonyl (C=O) groups excluding carboxylic acids is 1. The molecule has 1 aromatic heterocycles. The fraction of sp³-hybridized carbons (Fsp3) is 0.444. The molecule has 4 nitrogen and oxygen atoms in total. The third-order valence-corrected chi connectivity index (χ3v) is 5.96. The first-order valence-corrected chi connectivity index (χ1v) is 9.97. The van der Waals surface area contributed by atoms with Gasteiger partial charge in [-0.1, -0.05) is 22.0 Å². The molecule has 2 aromatic rings. The Labute approximate surface area is 155 Å². The Bertz CT molecular complexity index is 695. The maximum Gasteiger partial charge on any atom is 0.225 e. The average Bonchev–Trinajstić information content (AvgIpc) is 3.00. The smallest absolute Gasteiger partial charge is 0.225 e. The molecular weight excluding hydrogens is 386 g/mol. The second-order valence-electron chi connectivity index (χ2n) is 6.25. The fourth-order valence-corrected chi connectivity index (χ4v) is 4.38. The molecule has 0 saturated carbocycles. The minimum atomic E-state index is 0.0748. The summed E-state index contributed by atoms with van der Waals surface area (Å²) in [6.45, 7) is 4.98. The summed E-state index contributed by atoms with van der Waals surface area (Å²) in [6.07, 6.45) is 2.81. The number of halogens is 1. The van der Waals surface area contributed by atoms with E-state index < -0.39 is 0 Å². The lowest BCUT2D eigenvalue weighted by molar-refractivity contribution is -0.116. The molecule has 6 heteroatoms. The van der Waals surface area contributed by atoms with Gasteiger partial charge in [0.15, 0.2) is 0 Å². The van der Waals surface area contributed by atoms with E-state index in [4.69, 9.17) is 0 Å². The molecule has 1 amide bonds. The van der Waals surface area contributed by atoms with Crippen molar-refractivity contribution in [2.75, 3.05) is 25.0 Å². The molecule has 0 bridgehead atoms. The van der Waals surface area contributed by atoms with E-state index in [0.29, 0.717) is 12.3 Å². The highest BCUT2D eigenvalue weighted by Gasteiger charge is 2.22. The fourth-order valence-electron chi connectivity index (χ4n) is 3.01. The molecule has 2 heterocycles. The molecule has 1 aromatic carbocycles. The lowest BCUT2D eigenvalue weighted by Crippen LogP contribution is -2.35. The minimum absolute atomic E-state index is 0.0748. The van der Waals surface area contributed by atoms with Gasteiger partial charge in [0, 0.05) is 40.1 Å². The summed E-state index contributed by atoms with van der Waals surface area (Å²) in [5.74, 6) is 0.668. The zero-order valence-corrected chi connectivity index (χ0v) is 16.2. The van der Waals surface area contributed by atoms with E-state index in [1.807, 2.05) is 24.3 Å². The molecule has 0 spiro atoms. The molecule has 1 aliphatic rings. The van der Waals surface area contributed by atoms with Gasteiger partial charge in [-0.3, -0.25) is 4.79 Å². The number of anilines is 1. The molecule has 1 aliphatic heterocycles. The molecule has 0 radical (unpaired) electrons. The molecule has 1 N–H and O–H groups in total. The van der Waals surface area contributed by atoms with Crippen LogP contribution < -0.4 is 5.32 Å². The normalized spacial score (nSPS) is 16.2. The van der Waals surface area contributed by atoms with Crippen LogP contribution in [0.25, 0.3) is 0 Å². The number of nitrogens with one attached hydrogen (secondary N) is 1. The van der Waals surface area contributed by atoms with Crippen molar-refractivity contribution in [1.29, 1.82) is 0 Å². The number of hydrogen-bond donors (Lipinski definition) is 1. The van der Waals surface area contributed by atoms with Crippen LogP contribution in [-0.4, -0.2) is 35.4 Å². The van der Waals surface area contributed by atoms with E-state index in [-0.39, 0.29) is 5.91 Å². The Hall–Kier alpha value is -1.24. The molecule has 128 valence electrons. The van der Waals surface area contributed by atoms with Crippen LogP contribution in [0, 0.1) is 6.92 Å². The maximum atomic E-state index is 12.1. The monoisotopic (exact) mass is 407 g/mol. The standard InChI is InChI=1S/C18H22BrN3OS/c1-13-12-24-18(20-13)14-5-8-22(9-6-14)10-7-17(23)21-16-4-2-3-15(19)11-16/h2-4,11-12,14H,5-10H2,1H3,(H,21,23). The summed E-state index contributed by atoms with van der Waals surface area (Å²) in [4.78, 5) is 19.1. The minimum Gasteiger partial charge on any atom is -0.326 e. The first-order chi connectivity index (χ1) is 11.6. The van der Waals surface area contributed by atoms with Crippen molar-refractivity contribution >= 4 is 38.9 Å². The number of aryl methyl sites for hydroxylation is 1. The second kappa shape index (κ2) is 8.23. The molecule has 1 saturated heterocycles. The van der Waals surface area contributed by atoms with Crippen molar-refractivity contribution in [3.8, 4) is 0 Å². The van der Waals surface area contributed by atoms with Crippen molar-refractivity contribution in [2.24, 2.45) is 0 Å². The summed E-state index contributed by atoms with van der Waals surface area (Å²) >= 11 is 5.20. The lowest BCUT2D eigenvalue weighted by Gasteiger charge is -2.30. The summed E-state index contributed by atoms with van der Waals surface area (Å²) < 4.78 is 0.972. The highest BCUT2D eigenvalue weighted by Crippen LogP contribution is 2.30. The predicted molar refractivity (Wildman–Crippen MR) is 103 cm³/mol. The van der Waals surface area contributed by atoms with Crippen LogP contribution in [0.3, 0.4) is 0 Å². The van der Waals surface area contributed by atoms with E-state index in [9.17, 15) is 4.79 Å². The Kier molecular flexibility index (Phi) is 6.03. The van der Waals surface area contributed by atoms with Crippen molar-refractivity contribution < 1.29 is 4.79 Å². The highest BCUT2D eigenvalue weighted by molar-refractivity contribution is 9.10. The van der Waals surface area contributed by atoms with Crippen LogP contribution in [0.5, 0.6) is 0 Å². The van der Waals surface area contributed by atoms with Gasteiger partial charge in [-0.25, -0.2) is 4.98 Å². The van der Waals surface area contributed by atoms with Crippen LogP contribution in [-0.2, 0) is 4.79 Å². The number of amides is 1. The third kappa shape index (κ3) is 4.88. The van der Waals surface area contributed by atoms with Crippen LogP contribution in [0.1, 0.15) is 35.9 Å². The number of piperidine rings is 1. The van der Waals surface area contributed by atoms with Gasteiger partial charge in [-0.05, 0) is 51.1 Å². The molecule has 0 aliphatic carbocycles. The van der Waals surface area contributed by atoms with Gasteiger partial charge in [0.05, 0.1) is 5.01 Å². The number of rotatable bonds is 5. The van der Waals surface area contributed by atoms with Gasteiger partial charge >= 0.3 is 0 Å². The van der Waals surface area contributed by atoms with Crippen LogP contribution >= 0.6 is 27.3 Å². The van der Waals surface area contributed by atoms with Crippen molar-refractivity contribution in [3.05, 3.63) is 44.8 Å². The largest absolute Gasteiger partial charge is 0.326 e. The van der Waals surface area contributed by atoms with E-state index in [0.717, 1.165) is 48.3 Å². The summed E-state index contributed by atoms with van der Waals surface area (Å²) in [6, 6.07) is 7.69. The van der Waals surface area contributed by atoms with E-state index >= 15 is 0 Å². The van der Waals surface area contributed by atoms with Crippen LogP contribution in [0.2, 0.25) is 0 Å². The van der Waals surface area contributed by atoms with Gasteiger partial charge in [-0.2, -0.15) is 0 Å². The zero-order valence-electron chi connectivity index (χ0n) is 13.8. The van der Waals surface area contributed by atoms with E-state index in [1.54, 1.807) is 11.3 Å². The lowest BCUT2D eigenvalue weighted by atomic mass is 9.97. The Morgan fingerprint density at radius 1 is 1.42 bits per heavy atom. The molecule has 0 atom stereocenters. The topological polar surface area (TPSA) is 45.2 Å². The van der Waals surface area contributed by atoms with E-state index in [1.165, 1.54) is 5.01 Å². The molecule has 24 heavy (non-hydrogen) atoms. The van der Waals surface area contributed by atoms with Crippen molar-refractivity contribution in [3.63, 3.8) is 0 Å². The second-order valence-corrected chi connectivity index (χ2v) is 8.06. The maximum absolute atomic E-state index is 12.1. The molecule has 3 rings (SSSR count). The first kappa shape index (κ1) is 17.6. The number of likely N-dealkylation sites (tertiary alicyclic amines) is 1. The zero-order chi connectivity index (χ0) is 16.9. The van der Waals surface area contributed by atoms with Crippen molar-refractivity contribution in [1.82, 2.24) is 9.88 Å². The third-order valence-electron chi connectivity index (χ3n) is 4.34. The number of thiazole rings is 1. The molecular formula is C18H22BrN3OS. The molecule has 0 unspecified atom stereocenters. The van der Waals surface area contributed by atoms with Crippen LogP contribution in [0.4, 0.5) is 5.69 Å². The van der Waals surface area contributed by atoms with Gasteiger partial charge in [0.2, 0.25) is 5.91 Å². The Balaban J connectivity index is 1.41. The number of hydrogen-bond acceptors (Lipinski definition) is 4. The summed E-state index contributed by atoms with van der Waals surface area (Å²) in [5.41, 5.74) is 1.97. The van der Waals surface area contributed by atoms with Crippen LogP contribution in [0.15, 0.2) is 34.1 Å². The van der Waals surface area contributed by atoms with Gasteiger partial charge in [0.1, 0.15) is 0 Å². The van der Waals surface area contributed by atoms with Gasteiger partial charge in [0.25, 0.3) is 0 Å². The van der Waals surface area contributed by atoms with E-state index in [2.05, 4.69) is 43.4 Å². The summed E-state index contributed by atoms with van der Waals surface area (Å²) in [5, 5.41) is 6.37. The predicted octanol–water partition coefficient (Wildman–Crippen LogP) is 4.42. The quantitative estimate of drug-likeness (QED) is 0.797. The van der Waals surface area contributed by atoms with Gasteiger partial charge in [-0.15, -0.1) is 11.3 Å². The first-order valence-electron chi connectivity index (χ1n) is 8.30. The Morgan fingerprint density at radius 3 is 2.88 bits per heavy atom. The Morgan fingerprint density at radius 2 is 2.21 bits per heavy atom. The molecule has 1 fully saturated rings. The average molecular weight is 408 g/mol. The summed E-state index contributed by atoms with van der Waals surface area (Å²) in [7, 11) is 0. The number of benzene rings is 1. The number of aromatic nitrogens is 1. The number of nitrogens with zero attached hydrogens (tertiary/aromatic N) is 2. The highest BCUT2D eigenvalue weighted by atomic mass is 79.9. The van der Waals surface area contributed by atoms with Gasteiger partial charge < -0.3 is 10.2 Å². The number of carbonyl (C=O) groups is 1.